The van der Waals surface area contributed by atoms with Crippen LogP contribution in [0, 0.1) is 17.6 Å². The average Bonchev–Trinajstić information content (AvgIpc) is 3.77. The highest BCUT2D eigenvalue weighted by Gasteiger charge is 2.63. The molecule has 2 aromatic carbocycles. The Hall–Kier alpha value is -5.01. The lowest BCUT2D eigenvalue weighted by Crippen LogP contribution is -2.36. The molecule has 4 aromatic heterocycles. The molecule has 11 nitrogen and oxygen atoms in total. The largest absolute Gasteiger partial charge is 0.435 e. The van der Waals surface area contributed by atoms with Crippen molar-refractivity contribution in [2.45, 2.75) is 69.3 Å². The van der Waals surface area contributed by atoms with Gasteiger partial charge in [0.2, 0.25) is 5.91 Å². The Morgan fingerprint density at radius 1 is 1.09 bits per heavy atom. The minimum atomic E-state index is -5.06. The van der Waals surface area contributed by atoms with E-state index in [-0.39, 0.29) is 53.6 Å². The number of nitrogen functional groups attached to an aromatic ring is 1. The molecule has 300 valence electrons. The number of aromatic nitrogens is 6. The van der Waals surface area contributed by atoms with Gasteiger partial charge in [-0.05, 0) is 68.9 Å². The van der Waals surface area contributed by atoms with Crippen LogP contribution in [0.25, 0.3) is 32.4 Å². The lowest BCUT2D eigenvalue weighted by Gasteiger charge is -2.34. The zero-order valence-corrected chi connectivity index (χ0v) is 31.9. The summed E-state index contributed by atoms with van der Waals surface area (Å²) in [6.07, 6.45) is -5.23. The monoisotopic (exact) mass is 835 g/mol. The van der Waals surface area contributed by atoms with E-state index in [9.17, 15) is 31.9 Å². The molecule has 5 N–H and O–H groups in total. The Balaban J connectivity index is 1.28. The topological polar surface area (TPSA) is 149 Å². The van der Waals surface area contributed by atoms with Gasteiger partial charge in [-0.15, -0.1) is 0 Å². The highest BCUT2D eigenvalue weighted by Crippen LogP contribution is 2.64. The van der Waals surface area contributed by atoms with Crippen molar-refractivity contribution in [2.75, 3.05) is 17.6 Å². The third kappa shape index (κ3) is 6.92. The van der Waals surface area contributed by atoms with E-state index in [2.05, 4.69) is 25.8 Å². The summed E-state index contributed by atoms with van der Waals surface area (Å²) in [6.45, 7) is 2.28. The minimum absolute atomic E-state index is 0.0188. The molecule has 20 heteroatoms. The molecule has 0 unspecified atom stereocenters. The Morgan fingerprint density at radius 2 is 1.81 bits per heavy atom. The van der Waals surface area contributed by atoms with Crippen molar-refractivity contribution in [1.82, 2.24) is 34.8 Å². The highest BCUT2D eigenvalue weighted by atomic mass is 35.5. The van der Waals surface area contributed by atoms with Gasteiger partial charge in [0.25, 0.3) is 5.92 Å². The number of benzene rings is 2. The first-order chi connectivity index (χ1) is 26.7. The van der Waals surface area contributed by atoms with Gasteiger partial charge in [0, 0.05) is 42.3 Å². The van der Waals surface area contributed by atoms with Crippen molar-refractivity contribution in [2.24, 2.45) is 13.0 Å². The van der Waals surface area contributed by atoms with Crippen LogP contribution in [0.2, 0.25) is 5.02 Å². The van der Waals surface area contributed by atoms with Crippen LogP contribution in [0.4, 0.5) is 41.7 Å². The zero-order valence-electron chi connectivity index (χ0n) is 30.3. The summed E-state index contributed by atoms with van der Waals surface area (Å²) in [7, 11) is 1.63. The fourth-order valence-electron chi connectivity index (χ4n) is 7.87. The maximum atomic E-state index is 15.6. The second kappa shape index (κ2) is 13.5. The van der Waals surface area contributed by atoms with Crippen LogP contribution in [0.1, 0.15) is 66.9 Å². The second-order valence-electron chi connectivity index (χ2n) is 15.0. The van der Waals surface area contributed by atoms with Gasteiger partial charge in [-0.3, -0.25) is 14.2 Å². The third-order valence-electron chi connectivity index (χ3n) is 10.3. The summed E-state index contributed by atoms with van der Waals surface area (Å²) in [5.41, 5.74) is 3.71. The smallest absolute Gasteiger partial charge is 0.389 e. The van der Waals surface area contributed by atoms with Crippen molar-refractivity contribution < 1.29 is 40.6 Å². The van der Waals surface area contributed by atoms with Crippen molar-refractivity contribution >= 4 is 61.0 Å². The minimum Gasteiger partial charge on any atom is -0.389 e. The number of nitrogens with one attached hydrogen (secondary N) is 2. The molecule has 2 aliphatic carbocycles. The Morgan fingerprint density at radius 3 is 2.46 bits per heavy atom. The predicted octanol–water partition coefficient (Wildman–Crippen LogP) is 7.86. The van der Waals surface area contributed by atoms with Crippen LogP contribution in [0.3, 0.4) is 0 Å². The van der Waals surface area contributed by atoms with Crippen molar-refractivity contribution in [3.05, 3.63) is 81.3 Å². The summed E-state index contributed by atoms with van der Waals surface area (Å²) in [4.78, 5) is 23.4. The SMILES string of the molecule is Cn1nc(N)c2c(Cl)ccc(-c3cc4sc(NCC(C)(C)O)nc4nc3[C@H](Cc3cc(F)cc(F)c3)NC(=O)Cn3nc(C(F)(F)F)c4c3C(F)(F)[C@@H]3CC[C@H]43)c21. The van der Waals surface area contributed by atoms with Gasteiger partial charge in [-0.2, -0.15) is 32.1 Å². The number of carbonyl (C=O) groups excluding carboxylic acids is 1. The van der Waals surface area contributed by atoms with Crippen LogP contribution < -0.4 is 16.4 Å². The first-order valence-electron chi connectivity index (χ1n) is 17.7. The van der Waals surface area contributed by atoms with Crippen LogP contribution in [0.15, 0.2) is 36.4 Å². The van der Waals surface area contributed by atoms with Gasteiger partial charge >= 0.3 is 6.18 Å². The Bertz CT molecular complexity index is 2580. The highest BCUT2D eigenvalue weighted by molar-refractivity contribution is 7.22. The van der Waals surface area contributed by atoms with E-state index in [0.29, 0.717) is 42.6 Å². The molecule has 0 radical (unpaired) electrons. The Labute approximate surface area is 328 Å². The van der Waals surface area contributed by atoms with Gasteiger partial charge in [0.15, 0.2) is 22.3 Å². The van der Waals surface area contributed by atoms with Crippen LogP contribution >= 0.6 is 22.9 Å². The van der Waals surface area contributed by atoms with E-state index in [0.717, 1.165) is 12.1 Å². The maximum Gasteiger partial charge on any atom is 0.435 e. The molecule has 4 heterocycles. The van der Waals surface area contributed by atoms with Gasteiger partial charge in [0.1, 0.15) is 23.9 Å². The van der Waals surface area contributed by atoms with Crippen LogP contribution in [-0.2, 0) is 36.9 Å². The average molecular weight is 836 g/mol. The maximum absolute atomic E-state index is 15.6. The molecular weight excluding hydrogens is 803 g/mol. The van der Waals surface area contributed by atoms with E-state index in [1.165, 1.54) is 16.0 Å². The molecule has 0 saturated heterocycles. The van der Waals surface area contributed by atoms with Crippen molar-refractivity contribution in [3.63, 3.8) is 0 Å². The summed E-state index contributed by atoms with van der Waals surface area (Å²) < 4.78 is 105. The molecule has 3 atom stereocenters. The number of carbonyl (C=O) groups is 1. The summed E-state index contributed by atoms with van der Waals surface area (Å²) >= 11 is 7.76. The fraction of sp³-hybridized carbons (Fsp3) is 0.378. The lowest BCUT2D eigenvalue weighted by atomic mass is 9.73. The molecule has 0 spiro atoms. The third-order valence-corrected chi connectivity index (χ3v) is 11.6. The quantitative estimate of drug-likeness (QED) is 0.102. The second-order valence-corrected chi connectivity index (χ2v) is 16.5. The number of hydrogen-bond acceptors (Lipinski definition) is 9. The molecule has 57 heavy (non-hydrogen) atoms. The molecule has 0 bridgehead atoms. The molecule has 8 rings (SSSR count). The summed E-state index contributed by atoms with van der Waals surface area (Å²) in [5, 5.41) is 25.0. The number of thiazole rings is 1. The van der Waals surface area contributed by atoms with Crippen LogP contribution in [-0.4, -0.2) is 52.7 Å². The molecule has 2 aliphatic rings. The molecular formula is C37H33ClF7N9O2S. The predicted molar refractivity (Wildman–Crippen MR) is 199 cm³/mol. The Kier molecular flexibility index (Phi) is 9.23. The number of aryl methyl sites for hydroxylation is 1. The number of fused-ring (bicyclic) bond motifs is 5. The molecule has 1 saturated carbocycles. The molecule has 0 aliphatic heterocycles. The number of amides is 1. The van der Waals surface area contributed by atoms with Crippen molar-refractivity contribution in [3.8, 4) is 11.1 Å². The van der Waals surface area contributed by atoms with E-state index in [4.69, 9.17) is 22.3 Å². The van der Waals surface area contributed by atoms with Crippen molar-refractivity contribution in [1.29, 1.82) is 0 Å². The fourth-order valence-corrected chi connectivity index (χ4v) is 8.96. The number of aliphatic hydroxyl groups is 1. The number of halogens is 8. The normalized spacial score (nSPS) is 18.1. The number of nitrogens with two attached hydrogens (primary N) is 1. The van der Waals surface area contributed by atoms with E-state index in [1.807, 2.05) is 0 Å². The summed E-state index contributed by atoms with van der Waals surface area (Å²) in [6, 6.07) is 6.39. The number of rotatable bonds is 10. The van der Waals surface area contributed by atoms with E-state index in [1.54, 1.807) is 39.1 Å². The number of nitrogens with zero attached hydrogens (tertiary/aromatic N) is 6. The van der Waals surface area contributed by atoms with E-state index < -0.39 is 76.6 Å². The number of pyridine rings is 1. The van der Waals surface area contributed by atoms with E-state index >= 15 is 8.78 Å². The van der Waals surface area contributed by atoms with Gasteiger partial charge in [-0.1, -0.05) is 29.0 Å². The first-order valence-corrected chi connectivity index (χ1v) is 18.9. The zero-order chi connectivity index (χ0) is 40.9. The number of alkyl halides is 5. The van der Waals surface area contributed by atoms with Gasteiger partial charge in [0.05, 0.1) is 38.0 Å². The summed E-state index contributed by atoms with van der Waals surface area (Å²) in [5.74, 6) is -8.82. The first kappa shape index (κ1) is 38.8. The van der Waals surface area contributed by atoms with Gasteiger partial charge < -0.3 is 21.5 Å². The molecule has 1 fully saturated rings. The van der Waals surface area contributed by atoms with Gasteiger partial charge in [-0.25, -0.2) is 18.7 Å². The standard InChI is InChI=1S/C37H33ClF7N9O2S/c1-35(2,56)14-47-34-50-33-24(57-34)12-20(18-5-7-22(38)27-29(18)53(3)52-32(27)46)28(49-33)23(10-15-8-16(39)11-17(40)9-15)48-25(55)13-54-31-26(30(51-54)37(43,44)45)19-4-6-21(19)36(31,41)42/h5,7-9,11-12,19,21,23,56H,4,6,10,13-14H2,1-3H3,(H2,46,52)(H,48,55)(H,47,49,50)/t19-,21+,23-/m0/s1. The lowest BCUT2D eigenvalue weighted by molar-refractivity contribution is -0.144. The number of anilines is 2. The molecule has 1 amide bonds. The number of hydrogen-bond donors (Lipinski definition) is 4. The van der Waals surface area contributed by atoms with Crippen LogP contribution in [0.5, 0.6) is 0 Å². The molecule has 6 aromatic rings.